The highest BCUT2D eigenvalue weighted by Gasteiger charge is 2.15. The number of hydrogen-bond donors (Lipinski definition) is 1. The third-order valence-electron chi connectivity index (χ3n) is 2.72. The van der Waals surface area contributed by atoms with Crippen molar-refractivity contribution in [1.82, 2.24) is 0 Å². The Labute approximate surface area is 122 Å². The molecule has 0 aliphatic heterocycles. The molecule has 0 aromatic heterocycles. The maximum Gasteiger partial charge on any atom is 0.328 e. The predicted octanol–water partition coefficient (Wildman–Crippen LogP) is 2.92. The second kappa shape index (κ2) is 7.73. The lowest BCUT2D eigenvalue weighted by Gasteiger charge is -2.21. The van der Waals surface area contributed by atoms with Crippen LogP contribution in [0.15, 0.2) is 18.2 Å². The van der Waals surface area contributed by atoms with Crippen molar-refractivity contribution in [2.24, 2.45) is 0 Å². The van der Waals surface area contributed by atoms with Crippen LogP contribution in [0, 0.1) is 11.6 Å². The highest BCUT2D eigenvalue weighted by Crippen LogP contribution is 2.24. The summed E-state index contributed by atoms with van der Waals surface area (Å²) in [5.74, 6) is -2.66. The van der Waals surface area contributed by atoms with E-state index in [-0.39, 0.29) is 17.4 Å². The minimum absolute atomic E-state index is 0.0524. The minimum Gasteiger partial charge on any atom is -0.478 e. The largest absolute Gasteiger partial charge is 0.478 e. The van der Waals surface area contributed by atoms with Crippen molar-refractivity contribution in [2.45, 2.75) is 20.0 Å². The van der Waals surface area contributed by atoms with Gasteiger partial charge in [-0.25, -0.2) is 13.6 Å². The lowest BCUT2D eigenvalue weighted by molar-refractivity contribution is -0.131. The molecule has 0 unspecified atom stereocenters. The third kappa shape index (κ3) is 5.51. The molecule has 21 heavy (non-hydrogen) atoms. The summed E-state index contributed by atoms with van der Waals surface area (Å²) < 4.78 is 33.3. The van der Waals surface area contributed by atoms with Crippen molar-refractivity contribution in [1.29, 1.82) is 0 Å². The van der Waals surface area contributed by atoms with Gasteiger partial charge in [0, 0.05) is 19.7 Å². The molecule has 0 saturated heterocycles. The molecule has 1 aromatic rings. The Bertz CT molecular complexity index is 507. The molecular weight excluding hydrogens is 280 g/mol. The van der Waals surface area contributed by atoms with Gasteiger partial charge in [-0.1, -0.05) is 0 Å². The highest BCUT2D eigenvalue weighted by atomic mass is 19.1. The van der Waals surface area contributed by atoms with E-state index in [1.165, 1.54) is 4.90 Å². The van der Waals surface area contributed by atoms with E-state index in [1.807, 2.05) is 13.8 Å². The number of nitrogens with zero attached hydrogens (tertiary/aromatic N) is 1. The maximum atomic E-state index is 14.0. The topological polar surface area (TPSA) is 49.8 Å². The number of halogens is 2. The Kier molecular flexibility index (Phi) is 6.30. The molecule has 0 aliphatic rings. The van der Waals surface area contributed by atoms with Crippen molar-refractivity contribution in [3.05, 3.63) is 35.4 Å². The Morgan fingerprint density at radius 2 is 1.95 bits per heavy atom. The number of hydrogen-bond acceptors (Lipinski definition) is 3. The van der Waals surface area contributed by atoms with Crippen molar-refractivity contribution in [2.75, 3.05) is 25.1 Å². The van der Waals surface area contributed by atoms with Crippen LogP contribution in [0.1, 0.15) is 19.4 Å². The van der Waals surface area contributed by atoms with Gasteiger partial charge >= 0.3 is 5.97 Å². The molecule has 0 aliphatic carbocycles. The van der Waals surface area contributed by atoms with Crippen LogP contribution >= 0.6 is 0 Å². The number of rotatable bonds is 7. The van der Waals surface area contributed by atoms with Gasteiger partial charge in [-0.3, -0.25) is 0 Å². The molecule has 0 radical (unpaired) electrons. The van der Waals surface area contributed by atoms with Crippen LogP contribution in [0.4, 0.5) is 14.5 Å². The van der Waals surface area contributed by atoms with Crippen molar-refractivity contribution in [3.8, 4) is 0 Å². The fourth-order valence-electron chi connectivity index (χ4n) is 1.75. The van der Waals surface area contributed by atoms with Crippen LogP contribution in [0.5, 0.6) is 0 Å². The summed E-state index contributed by atoms with van der Waals surface area (Å²) >= 11 is 0. The molecule has 1 N–H and O–H groups in total. The van der Waals surface area contributed by atoms with Crippen LogP contribution in [0.3, 0.4) is 0 Å². The number of ether oxygens (including phenoxy) is 1. The van der Waals surface area contributed by atoms with E-state index >= 15 is 0 Å². The van der Waals surface area contributed by atoms with Crippen LogP contribution < -0.4 is 4.90 Å². The predicted molar refractivity (Wildman–Crippen MR) is 77.4 cm³/mol. The van der Waals surface area contributed by atoms with Crippen LogP contribution in [-0.2, 0) is 9.53 Å². The van der Waals surface area contributed by atoms with E-state index in [2.05, 4.69) is 0 Å². The van der Waals surface area contributed by atoms with Gasteiger partial charge in [-0.2, -0.15) is 0 Å². The first-order chi connectivity index (χ1) is 9.81. The third-order valence-corrected chi connectivity index (χ3v) is 2.72. The summed E-state index contributed by atoms with van der Waals surface area (Å²) in [6.45, 7) is 4.46. The van der Waals surface area contributed by atoms with Crippen LogP contribution in [0.2, 0.25) is 0 Å². The van der Waals surface area contributed by atoms with Gasteiger partial charge in [0.2, 0.25) is 0 Å². The first-order valence-electron chi connectivity index (χ1n) is 6.54. The maximum absolute atomic E-state index is 14.0. The second-order valence-corrected chi connectivity index (χ2v) is 4.85. The molecule has 0 bridgehead atoms. The smallest absolute Gasteiger partial charge is 0.328 e. The monoisotopic (exact) mass is 299 g/mol. The molecule has 0 atom stereocenters. The summed E-state index contributed by atoms with van der Waals surface area (Å²) in [6, 6.07) is 2.19. The zero-order valence-corrected chi connectivity index (χ0v) is 12.3. The molecule has 4 nitrogen and oxygen atoms in total. The number of carbonyl (C=O) groups is 1. The van der Waals surface area contributed by atoms with E-state index in [1.54, 1.807) is 7.05 Å². The lowest BCUT2D eigenvalue weighted by atomic mass is 10.1. The number of carboxylic acid groups (broad SMARTS) is 1. The quantitative estimate of drug-likeness (QED) is 0.787. The number of aliphatic carboxylic acids is 1. The molecular formula is C15H19F2NO3. The first-order valence-corrected chi connectivity index (χ1v) is 6.54. The normalized spacial score (nSPS) is 11.3. The van der Waals surface area contributed by atoms with E-state index in [4.69, 9.17) is 9.84 Å². The van der Waals surface area contributed by atoms with Gasteiger partial charge in [0.15, 0.2) is 0 Å². The van der Waals surface area contributed by atoms with Crippen molar-refractivity contribution in [3.63, 3.8) is 0 Å². The van der Waals surface area contributed by atoms with E-state index in [0.717, 1.165) is 24.3 Å². The van der Waals surface area contributed by atoms with Gasteiger partial charge in [-0.05, 0) is 37.6 Å². The minimum atomic E-state index is -1.18. The molecule has 0 heterocycles. The molecule has 0 amide bonds. The molecule has 1 rings (SSSR count). The molecule has 0 fully saturated rings. The Morgan fingerprint density at radius 1 is 1.38 bits per heavy atom. The average molecular weight is 299 g/mol. The van der Waals surface area contributed by atoms with Crippen molar-refractivity contribution >= 4 is 17.7 Å². The summed E-state index contributed by atoms with van der Waals surface area (Å²) in [5, 5.41) is 8.50. The number of benzene rings is 1. The molecule has 0 spiro atoms. The summed E-state index contributed by atoms with van der Waals surface area (Å²) in [5.41, 5.74) is -0.00203. The number of anilines is 1. The first kappa shape index (κ1) is 17.1. The van der Waals surface area contributed by atoms with Gasteiger partial charge < -0.3 is 14.7 Å². The number of carboxylic acids is 1. The molecule has 0 saturated carbocycles. The molecule has 116 valence electrons. The van der Waals surface area contributed by atoms with Crippen LogP contribution in [0.25, 0.3) is 6.08 Å². The lowest BCUT2D eigenvalue weighted by Crippen LogP contribution is -2.25. The van der Waals surface area contributed by atoms with Gasteiger partial charge in [0.25, 0.3) is 0 Å². The fourth-order valence-corrected chi connectivity index (χ4v) is 1.75. The van der Waals surface area contributed by atoms with E-state index in [9.17, 15) is 13.6 Å². The van der Waals surface area contributed by atoms with Gasteiger partial charge in [0.1, 0.15) is 17.3 Å². The van der Waals surface area contributed by atoms with Crippen molar-refractivity contribution < 1.29 is 23.4 Å². The molecule has 6 heteroatoms. The van der Waals surface area contributed by atoms with E-state index in [0.29, 0.717) is 13.2 Å². The second-order valence-electron chi connectivity index (χ2n) is 4.85. The van der Waals surface area contributed by atoms with Crippen LogP contribution in [-0.4, -0.2) is 37.4 Å². The zero-order chi connectivity index (χ0) is 16.0. The summed E-state index contributed by atoms with van der Waals surface area (Å²) in [7, 11) is 1.57. The van der Waals surface area contributed by atoms with Gasteiger partial charge in [0.05, 0.1) is 12.7 Å². The van der Waals surface area contributed by atoms with E-state index < -0.39 is 17.6 Å². The zero-order valence-electron chi connectivity index (χ0n) is 12.3. The summed E-state index contributed by atoms with van der Waals surface area (Å²) in [4.78, 5) is 11.8. The Hall–Kier alpha value is -1.95. The summed E-state index contributed by atoms with van der Waals surface area (Å²) in [6.07, 6.45) is 2.02. The Morgan fingerprint density at radius 3 is 2.43 bits per heavy atom. The number of likely N-dealkylation sites (N-methyl/N-ethyl adjacent to an activating group) is 1. The Balaban J connectivity index is 2.86. The fraction of sp³-hybridized carbons (Fsp3) is 0.400. The average Bonchev–Trinajstić information content (AvgIpc) is 2.35. The molecule has 1 aromatic carbocycles. The standard InChI is InChI=1S/C15H19F2NO3/c1-10(2)21-7-6-18(3)15-12(16)8-11(9-13(15)17)4-5-14(19)20/h4-5,8-10H,6-7H2,1-3H3,(H,19,20)/b5-4+. The SMILES string of the molecule is CC(C)OCCN(C)c1c(F)cc(/C=C/C(=O)O)cc1F. The van der Waals surface area contributed by atoms with Gasteiger partial charge in [-0.15, -0.1) is 0 Å². The highest BCUT2D eigenvalue weighted by molar-refractivity contribution is 5.85.